The van der Waals surface area contributed by atoms with Crippen molar-refractivity contribution in [3.8, 4) is 0 Å². The Morgan fingerprint density at radius 3 is 2.94 bits per heavy atom. The van der Waals surface area contributed by atoms with E-state index in [4.69, 9.17) is 0 Å². The Kier molecular flexibility index (Phi) is 3.93. The van der Waals surface area contributed by atoms with Gasteiger partial charge in [0, 0.05) is 18.3 Å². The maximum Gasteiger partial charge on any atom is 0.343 e. The molecule has 6 heteroatoms. The maximum absolute atomic E-state index is 11.3. The zero-order valence-corrected chi connectivity index (χ0v) is 11.4. The second kappa shape index (κ2) is 5.27. The molecule has 0 radical (unpaired) electrons. The van der Waals surface area contributed by atoms with E-state index in [1.807, 2.05) is 0 Å². The first-order valence-electron chi connectivity index (χ1n) is 6.15. The SMILES string of the molecule is CCNC1CCC(Sc2n[nH]c(=O)n2C)C1C. The average molecular weight is 256 g/mol. The number of aromatic amines is 1. The summed E-state index contributed by atoms with van der Waals surface area (Å²) in [5.41, 5.74) is -0.138. The van der Waals surface area contributed by atoms with Crippen LogP contribution in [0.1, 0.15) is 26.7 Å². The molecule has 3 atom stereocenters. The van der Waals surface area contributed by atoms with Crippen LogP contribution in [0.5, 0.6) is 0 Å². The van der Waals surface area contributed by atoms with Crippen molar-refractivity contribution in [3.05, 3.63) is 10.5 Å². The number of thioether (sulfide) groups is 1. The molecule has 0 bridgehead atoms. The summed E-state index contributed by atoms with van der Waals surface area (Å²) in [6, 6.07) is 0.605. The number of rotatable bonds is 4. The fraction of sp³-hybridized carbons (Fsp3) is 0.818. The van der Waals surface area contributed by atoms with E-state index < -0.39 is 0 Å². The molecule has 17 heavy (non-hydrogen) atoms. The lowest BCUT2D eigenvalue weighted by atomic mass is 10.1. The van der Waals surface area contributed by atoms with Gasteiger partial charge in [0.25, 0.3) is 0 Å². The van der Waals surface area contributed by atoms with Gasteiger partial charge in [-0.2, -0.15) is 0 Å². The predicted molar refractivity (Wildman–Crippen MR) is 69.3 cm³/mol. The van der Waals surface area contributed by atoms with Gasteiger partial charge in [-0.1, -0.05) is 25.6 Å². The molecule has 2 N–H and O–H groups in total. The lowest BCUT2D eigenvalue weighted by Gasteiger charge is -2.20. The minimum absolute atomic E-state index is 0.138. The van der Waals surface area contributed by atoms with Crippen LogP contribution in [0.25, 0.3) is 0 Å². The molecule has 0 aliphatic heterocycles. The van der Waals surface area contributed by atoms with Crippen molar-refractivity contribution >= 4 is 11.8 Å². The Bertz CT molecular complexity index is 427. The highest BCUT2D eigenvalue weighted by molar-refractivity contribution is 7.99. The number of hydrogen-bond acceptors (Lipinski definition) is 4. The molecule has 0 spiro atoms. The van der Waals surface area contributed by atoms with Gasteiger partial charge in [0.2, 0.25) is 0 Å². The van der Waals surface area contributed by atoms with Crippen molar-refractivity contribution in [1.29, 1.82) is 0 Å². The summed E-state index contributed by atoms with van der Waals surface area (Å²) < 4.78 is 1.58. The molecule has 1 aliphatic carbocycles. The molecule has 3 unspecified atom stereocenters. The Hall–Kier alpha value is -0.750. The van der Waals surface area contributed by atoms with Gasteiger partial charge in [-0.25, -0.2) is 9.89 Å². The lowest BCUT2D eigenvalue weighted by molar-refractivity contribution is 0.441. The van der Waals surface area contributed by atoms with E-state index in [1.54, 1.807) is 23.4 Å². The quantitative estimate of drug-likeness (QED) is 0.843. The monoisotopic (exact) mass is 256 g/mol. The van der Waals surface area contributed by atoms with Gasteiger partial charge in [-0.15, -0.1) is 5.10 Å². The van der Waals surface area contributed by atoms with Crippen LogP contribution >= 0.6 is 11.8 Å². The van der Waals surface area contributed by atoms with Gasteiger partial charge in [0.05, 0.1) is 0 Å². The zero-order valence-electron chi connectivity index (χ0n) is 10.6. The summed E-state index contributed by atoms with van der Waals surface area (Å²) in [6.07, 6.45) is 2.40. The van der Waals surface area contributed by atoms with Crippen LogP contribution < -0.4 is 11.0 Å². The van der Waals surface area contributed by atoms with E-state index in [2.05, 4.69) is 29.4 Å². The van der Waals surface area contributed by atoms with Gasteiger partial charge in [0.1, 0.15) is 0 Å². The second-order valence-corrected chi connectivity index (χ2v) is 5.83. The first-order chi connectivity index (χ1) is 8.13. The van der Waals surface area contributed by atoms with Crippen LogP contribution in [-0.2, 0) is 7.05 Å². The van der Waals surface area contributed by atoms with Crippen molar-refractivity contribution in [3.63, 3.8) is 0 Å². The highest BCUT2D eigenvalue weighted by Gasteiger charge is 2.33. The van der Waals surface area contributed by atoms with Crippen LogP contribution in [-0.4, -0.2) is 32.6 Å². The van der Waals surface area contributed by atoms with E-state index >= 15 is 0 Å². The molecule has 2 rings (SSSR count). The summed E-state index contributed by atoms with van der Waals surface area (Å²) in [6.45, 7) is 5.45. The zero-order chi connectivity index (χ0) is 12.4. The Morgan fingerprint density at radius 2 is 2.35 bits per heavy atom. The maximum atomic E-state index is 11.3. The van der Waals surface area contributed by atoms with Gasteiger partial charge >= 0.3 is 5.69 Å². The Morgan fingerprint density at radius 1 is 1.59 bits per heavy atom. The van der Waals surface area contributed by atoms with Crippen LogP contribution in [0.2, 0.25) is 0 Å². The summed E-state index contributed by atoms with van der Waals surface area (Å²) in [4.78, 5) is 11.3. The van der Waals surface area contributed by atoms with Gasteiger partial charge in [-0.3, -0.25) is 4.57 Å². The third-order valence-electron chi connectivity index (χ3n) is 3.55. The molecule has 1 heterocycles. The molecule has 96 valence electrons. The standard InChI is InChI=1S/C11H20N4OS/c1-4-12-8-5-6-9(7(8)2)17-11-14-13-10(16)15(11)3/h7-9,12H,4-6H2,1-3H3,(H,13,16). The van der Waals surface area contributed by atoms with Crippen molar-refractivity contribution in [2.75, 3.05) is 6.54 Å². The van der Waals surface area contributed by atoms with Crippen molar-refractivity contribution in [2.45, 2.75) is 43.1 Å². The molecule has 0 saturated heterocycles. The fourth-order valence-corrected chi connectivity index (χ4v) is 3.69. The molecule has 1 aromatic heterocycles. The van der Waals surface area contributed by atoms with Gasteiger partial charge < -0.3 is 5.32 Å². The number of H-pyrrole nitrogens is 1. The largest absolute Gasteiger partial charge is 0.343 e. The normalized spacial score (nSPS) is 28.8. The minimum Gasteiger partial charge on any atom is -0.314 e. The van der Waals surface area contributed by atoms with Crippen LogP contribution in [0, 0.1) is 5.92 Å². The third-order valence-corrected chi connectivity index (χ3v) is 5.09. The summed E-state index contributed by atoms with van der Waals surface area (Å²) in [7, 11) is 1.76. The fourth-order valence-electron chi connectivity index (χ4n) is 2.42. The van der Waals surface area contributed by atoms with E-state index in [9.17, 15) is 4.79 Å². The third kappa shape index (κ3) is 2.57. The van der Waals surface area contributed by atoms with Crippen LogP contribution in [0.15, 0.2) is 9.95 Å². The van der Waals surface area contributed by atoms with Gasteiger partial charge in [0.15, 0.2) is 5.16 Å². The molecule has 1 aliphatic rings. The topological polar surface area (TPSA) is 62.7 Å². The van der Waals surface area contributed by atoms with Crippen molar-refractivity contribution in [2.24, 2.45) is 13.0 Å². The molecule has 0 amide bonds. The molecule has 5 nitrogen and oxygen atoms in total. The van der Waals surface area contributed by atoms with Gasteiger partial charge in [-0.05, 0) is 25.3 Å². The lowest BCUT2D eigenvalue weighted by Crippen LogP contribution is -2.33. The Labute approximate surface area is 105 Å². The van der Waals surface area contributed by atoms with Crippen molar-refractivity contribution < 1.29 is 0 Å². The summed E-state index contributed by atoms with van der Waals surface area (Å²) in [5.74, 6) is 0.617. The highest BCUT2D eigenvalue weighted by Crippen LogP contribution is 2.37. The number of nitrogens with zero attached hydrogens (tertiary/aromatic N) is 2. The summed E-state index contributed by atoms with van der Waals surface area (Å²) >= 11 is 1.72. The molecule has 1 saturated carbocycles. The number of aromatic nitrogens is 3. The molecule has 1 aromatic rings. The minimum atomic E-state index is -0.138. The first-order valence-corrected chi connectivity index (χ1v) is 7.03. The van der Waals surface area contributed by atoms with Crippen LogP contribution in [0.3, 0.4) is 0 Å². The molecule has 1 fully saturated rings. The average Bonchev–Trinajstić information content (AvgIpc) is 2.80. The predicted octanol–water partition coefficient (Wildman–Crippen LogP) is 0.977. The summed E-state index contributed by atoms with van der Waals surface area (Å²) in [5, 5.41) is 11.4. The molecule has 0 aromatic carbocycles. The van der Waals surface area contributed by atoms with Crippen molar-refractivity contribution in [1.82, 2.24) is 20.1 Å². The molecular formula is C11H20N4OS. The number of hydrogen-bond donors (Lipinski definition) is 2. The second-order valence-electron chi connectivity index (χ2n) is 4.63. The first kappa shape index (κ1) is 12.7. The Balaban J connectivity index is 2.01. The van der Waals surface area contributed by atoms with E-state index in [1.165, 1.54) is 12.8 Å². The van der Waals surface area contributed by atoms with E-state index in [0.29, 0.717) is 17.2 Å². The van der Waals surface area contributed by atoms with E-state index in [-0.39, 0.29) is 5.69 Å². The van der Waals surface area contributed by atoms with Crippen LogP contribution in [0.4, 0.5) is 0 Å². The smallest absolute Gasteiger partial charge is 0.314 e. The van der Waals surface area contributed by atoms with E-state index in [0.717, 1.165) is 11.7 Å². The molecular weight excluding hydrogens is 236 g/mol. The highest BCUT2D eigenvalue weighted by atomic mass is 32.2. The number of nitrogens with one attached hydrogen (secondary N) is 2.